The van der Waals surface area contributed by atoms with Crippen molar-refractivity contribution in [2.75, 3.05) is 6.79 Å². The lowest BCUT2D eigenvalue weighted by Gasteiger charge is -2.36. The van der Waals surface area contributed by atoms with Crippen LogP contribution in [0.25, 0.3) is 28.1 Å². The first kappa shape index (κ1) is 40.3. The fraction of sp³-hybridized carbons (Fsp3) is 0.224. The SMILES string of the molecule is C=C(C)c1nc(CCC)n(Cc2ccc(-c3ccccc3-c3nnnn3C(c3ccccc3)(c3ccccc3)c3ccccc3)cc2)c1C(=O)OCOC(=O)C(C)(C)C. The van der Waals surface area contributed by atoms with Gasteiger partial charge in [-0.2, -0.15) is 0 Å². The number of benzene rings is 5. The van der Waals surface area contributed by atoms with Crippen molar-refractivity contribution >= 4 is 17.5 Å². The molecule has 0 aliphatic rings. The summed E-state index contributed by atoms with van der Waals surface area (Å²) in [4.78, 5) is 30.8. The van der Waals surface area contributed by atoms with Crippen LogP contribution in [0.1, 0.15) is 85.3 Å². The van der Waals surface area contributed by atoms with Crippen LogP contribution in [0.5, 0.6) is 0 Å². The van der Waals surface area contributed by atoms with Crippen LogP contribution < -0.4 is 0 Å². The Morgan fingerprint density at radius 1 is 0.712 bits per heavy atom. The Labute approximate surface area is 345 Å². The smallest absolute Gasteiger partial charge is 0.360 e. The first-order chi connectivity index (χ1) is 28.5. The number of carbonyl (C=O) groups is 2. The van der Waals surface area contributed by atoms with Crippen LogP contribution in [0.2, 0.25) is 0 Å². The Kier molecular flexibility index (Phi) is 11.8. The van der Waals surface area contributed by atoms with E-state index in [1.165, 1.54) is 0 Å². The van der Waals surface area contributed by atoms with Gasteiger partial charge in [0.05, 0.1) is 11.1 Å². The van der Waals surface area contributed by atoms with E-state index in [1.807, 2.05) is 95.0 Å². The van der Waals surface area contributed by atoms with E-state index in [4.69, 9.17) is 24.8 Å². The number of aromatic nitrogens is 6. The second-order valence-corrected chi connectivity index (χ2v) is 15.5. The summed E-state index contributed by atoms with van der Waals surface area (Å²) in [6.45, 7) is 13.0. The summed E-state index contributed by atoms with van der Waals surface area (Å²) in [5.41, 5.74) is 6.48. The lowest BCUT2D eigenvalue weighted by Crippen LogP contribution is -2.39. The van der Waals surface area contributed by atoms with Crippen LogP contribution in [0.3, 0.4) is 0 Å². The van der Waals surface area contributed by atoms with E-state index in [-0.39, 0.29) is 5.69 Å². The van der Waals surface area contributed by atoms with Crippen LogP contribution in [0.4, 0.5) is 0 Å². The van der Waals surface area contributed by atoms with Gasteiger partial charge in [0.15, 0.2) is 11.5 Å². The third-order valence-electron chi connectivity index (χ3n) is 10.2. The minimum absolute atomic E-state index is 0.271. The average Bonchev–Trinajstić information content (AvgIpc) is 3.88. The summed E-state index contributed by atoms with van der Waals surface area (Å²) in [5.74, 6) is 0.240. The Balaban J connectivity index is 1.27. The summed E-state index contributed by atoms with van der Waals surface area (Å²) < 4.78 is 14.6. The molecule has 2 aromatic heterocycles. The zero-order chi connectivity index (χ0) is 41.6. The molecule has 0 bridgehead atoms. The zero-order valence-electron chi connectivity index (χ0n) is 34.1. The minimum Gasteiger partial charge on any atom is -0.427 e. The molecule has 0 aliphatic heterocycles. The van der Waals surface area contributed by atoms with Gasteiger partial charge in [0.2, 0.25) is 6.79 Å². The van der Waals surface area contributed by atoms with Gasteiger partial charge in [0, 0.05) is 18.5 Å². The lowest BCUT2D eigenvalue weighted by atomic mass is 9.77. The Morgan fingerprint density at radius 3 is 1.78 bits per heavy atom. The lowest BCUT2D eigenvalue weighted by molar-refractivity contribution is -0.161. The van der Waals surface area contributed by atoms with Gasteiger partial charge >= 0.3 is 11.9 Å². The van der Waals surface area contributed by atoms with Crippen molar-refractivity contribution < 1.29 is 19.1 Å². The van der Waals surface area contributed by atoms with Crippen LogP contribution in [0.15, 0.2) is 146 Å². The number of esters is 2. The van der Waals surface area contributed by atoms with Crippen LogP contribution in [-0.4, -0.2) is 48.5 Å². The largest absolute Gasteiger partial charge is 0.427 e. The molecule has 0 N–H and O–H groups in total. The molecule has 0 saturated heterocycles. The third kappa shape index (κ3) is 8.12. The quantitative estimate of drug-likeness (QED) is 0.0609. The van der Waals surface area contributed by atoms with Crippen molar-refractivity contribution in [3.63, 3.8) is 0 Å². The number of rotatable bonds is 14. The summed E-state index contributed by atoms with van der Waals surface area (Å²) in [6, 6.07) is 47.4. The molecular formula is C49H48N6O4. The highest BCUT2D eigenvalue weighted by atomic mass is 16.7. The van der Waals surface area contributed by atoms with Crippen molar-refractivity contribution in [1.29, 1.82) is 0 Å². The molecule has 10 heteroatoms. The maximum absolute atomic E-state index is 13.7. The minimum atomic E-state index is -0.906. The van der Waals surface area contributed by atoms with E-state index in [9.17, 15) is 9.59 Å². The summed E-state index contributed by atoms with van der Waals surface area (Å²) >= 11 is 0. The molecule has 10 nitrogen and oxygen atoms in total. The standard InChI is InChI=1S/C49H48N6O4/c1-7-19-42-50-43(34(2)3)44(46(56)58-33-59-47(57)48(4,5)6)54(42)32-35-28-30-36(31-29-35)40-26-17-18-27-41(40)45-51-52-53-55(45)49(37-20-11-8-12-21-37,38-22-13-9-14-23-38)39-24-15-10-16-25-39/h8-18,20-31H,2,7,19,32-33H2,1,3-6H3. The molecule has 0 saturated carbocycles. The maximum atomic E-state index is 13.7. The Hall–Kier alpha value is -6.94. The summed E-state index contributed by atoms with van der Waals surface area (Å²) in [6.07, 6.45) is 1.46. The van der Waals surface area contributed by atoms with Crippen molar-refractivity contribution in [3.8, 4) is 22.5 Å². The molecule has 0 spiro atoms. The first-order valence-corrected chi connectivity index (χ1v) is 19.8. The predicted molar refractivity (Wildman–Crippen MR) is 229 cm³/mol. The molecule has 0 radical (unpaired) electrons. The van der Waals surface area contributed by atoms with Gasteiger partial charge in [-0.1, -0.05) is 153 Å². The number of imidazole rings is 1. The Bertz CT molecular complexity index is 2460. The molecule has 0 amide bonds. The number of hydrogen-bond acceptors (Lipinski definition) is 8. The number of hydrogen-bond donors (Lipinski definition) is 0. The van der Waals surface area contributed by atoms with Crippen LogP contribution in [0, 0.1) is 5.41 Å². The highest BCUT2D eigenvalue weighted by molar-refractivity contribution is 5.93. The molecule has 0 fully saturated rings. The van der Waals surface area contributed by atoms with E-state index < -0.39 is 29.7 Å². The van der Waals surface area contributed by atoms with Crippen LogP contribution >= 0.6 is 0 Å². The first-order valence-electron chi connectivity index (χ1n) is 19.8. The van der Waals surface area contributed by atoms with E-state index in [0.717, 1.165) is 51.2 Å². The fourth-order valence-corrected chi connectivity index (χ4v) is 7.40. The van der Waals surface area contributed by atoms with Crippen molar-refractivity contribution in [2.24, 2.45) is 5.41 Å². The zero-order valence-corrected chi connectivity index (χ0v) is 34.1. The predicted octanol–water partition coefficient (Wildman–Crippen LogP) is 9.78. The van der Waals surface area contributed by atoms with Gasteiger partial charge in [0.25, 0.3) is 0 Å². The third-order valence-corrected chi connectivity index (χ3v) is 10.2. The molecule has 0 aliphatic carbocycles. The number of carbonyl (C=O) groups excluding carboxylic acids is 2. The molecule has 298 valence electrons. The number of nitrogens with zero attached hydrogens (tertiary/aromatic N) is 6. The van der Waals surface area contributed by atoms with Gasteiger partial charge in [-0.25, -0.2) is 14.5 Å². The molecule has 5 aromatic carbocycles. The van der Waals surface area contributed by atoms with E-state index in [1.54, 1.807) is 20.8 Å². The number of aryl methyl sites for hydroxylation is 1. The summed E-state index contributed by atoms with van der Waals surface area (Å²) in [5, 5.41) is 13.8. The number of allylic oxidation sites excluding steroid dienone is 1. The van der Waals surface area contributed by atoms with Crippen molar-refractivity contribution in [3.05, 3.63) is 186 Å². The summed E-state index contributed by atoms with van der Waals surface area (Å²) in [7, 11) is 0. The average molecular weight is 785 g/mol. The molecule has 0 atom stereocenters. The fourth-order valence-electron chi connectivity index (χ4n) is 7.40. The number of ether oxygens (including phenoxy) is 2. The van der Waals surface area contributed by atoms with E-state index in [2.05, 4.69) is 79.4 Å². The van der Waals surface area contributed by atoms with Gasteiger partial charge in [-0.15, -0.1) is 5.10 Å². The van der Waals surface area contributed by atoms with Crippen LogP contribution in [-0.2, 0) is 32.8 Å². The molecule has 7 aromatic rings. The van der Waals surface area contributed by atoms with Gasteiger partial charge in [-0.3, -0.25) is 4.79 Å². The molecule has 2 heterocycles. The normalized spacial score (nSPS) is 11.6. The molecule has 59 heavy (non-hydrogen) atoms. The Morgan fingerprint density at radius 2 is 1.25 bits per heavy atom. The second-order valence-electron chi connectivity index (χ2n) is 15.5. The maximum Gasteiger partial charge on any atom is 0.360 e. The van der Waals surface area contributed by atoms with Gasteiger partial charge < -0.3 is 14.0 Å². The van der Waals surface area contributed by atoms with Gasteiger partial charge in [0.1, 0.15) is 11.4 Å². The highest BCUT2D eigenvalue weighted by Crippen LogP contribution is 2.43. The monoisotopic (exact) mass is 784 g/mol. The second kappa shape index (κ2) is 17.3. The van der Waals surface area contributed by atoms with Crippen molar-refractivity contribution in [1.82, 2.24) is 29.8 Å². The van der Waals surface area contributed by atoms with Crippen molar-refractivity contribution in [2.45, 2.75) is 59.5 Å². The van der Waals surface area contributed by atoms with E-state index in [0.29, 0.717) is 30.1 Å². The van der Waals surface area contributed by atoms with Gasteiger partial charge in [-0.05, 0) is 83.5 Å². The number of tetrazole rings is 1. The highest BCUT2D eigenvalue weighted by Gasteiger charge is 2.42. The molecule has 7 rings (SSSR count). The topological polar surface area (TPSA) is 114 Å². The van der Waals surface area contributed by atoms with E-state index >= 15 is 0 Å². The molecule has 0 unspecified atom stereocenters. The molecular weight excluding hydrogens is 737 g/mol.